The van der Waals surface area contributed by atoms with Crippen LogP contribution in [0.4, 0.5) is 0 Å². The van der Waals surface area contributed by atoms with Crippen LogP contribution >= 0.6 is 0 Å². The molecule has 0 aliphatic rings. The first-order valence-electron chi connectivity index (χ1n) is 2.81. The van der Waals surface area contributed by atoms with Gasteiger partial charge in [-0.15, -0.1) is 6.58 Å². The van der Waals surface area contributed by atoms with E-state index in [0.717, 1.165) is 6.42 Å². The van der Waals surface area contributed by atoms with Crippen LogP contribution in [0.3, 0.4) is 0 Å². The molecule has 2 heteroatoms. The third-order valence-corrected chi connectivity index (χ3v) is 0.911. The number of hydrogen-bond acceptors (Lipinski definition) is 2. The number of rotatable bonds is 3. The molecule has 0 atom stereocenters. The van der Waals surface area contributed by atoms with E-state index in [0.29, 0.717) is 0 Å². The summed E-state index contributed by atoms with van der Waals surface area (Å²) < 4.78 is 0. The van der Waals surface area contributed by atoms with Crippen LogP contribution in [0.2, 0.25) is 0 Å². The van der Waals surface area contributed by atoms with Gasteiger partial charge in [-0.25, -0.2) is 0 Å². The summed E-state index contributed by atoms with van der Waals surface area (Å²) in [6.45, 7) is 5.60. The van der Waals surface area contributed by atoms with Crippen molar-refractivity contribution < 1.29 is 0 Å². The van der Waals surface area contributed by atoms with Crippen molar-refractivity contribution >= 4 is 6.21 Å². The van der Waals surface area contributed by atoms with E-state index in [2.05, 4.69) is 11.7 Å². The van der Waals surface area contributed by atoms with E-state index in [1.807, 2.05) is 19.1 Å². The summed E-state index contributed by atoms with van der Waals surface area (Å²) in [6.07, 6.45) is 6.17. The van der Waals surface area contributed by atoms with Gasteiger partial charge in [0.2, 0.25) is 0 Å². The first-order valence-corrected chi connectivity index (χ1v) is 2.81. The molecule has 0 aromatic carbocycles. The monoisotopic (exact) mass is 124 g/mol. The van der Waals surface area contributed by atoms with Gasteiger partial charge in [0, 0.05) is 6.21 Å². The van der Waals surface area contributed by atoms with E-state index in [4.69, 9.17) is 5.84 Å². The first kappa shape index (κ1) is 7.95. The Balaban J connectivity index is 3.68. The molecule has 0 aromatic rings. The van der Waals surface area contributed by atoms with Gasteiger partial charge in [-0.3, -0.25) is 0 Å². The molecule has 0 heterocycles. The minimum atomic E-state index is 0.895. The average molecular weight is 124 g/mol. The predicted octanol–water partition coefficient (Wildman–Crippen LogP) is 1.45. The Kier molecular flexibility index (Phi) is 4.50. The lowest BCUT2D eigenvalue weighted by Gasteiger charge is -1.88. The summed E-state index contributed by atoms with van der Waals surface area (Å²) in [5.41, 5.74) is 1.21. The number of nitrogens with zero attached hydrogens (tertiary/aromatic N) is 1. The number of nitrogens with two attached hydrogens (primary N) is 1. The normalized spacial score (nSPS) is 12.3. The highest BCUT2D eigenvalue weighted by Gasteiger charge is 1.79. The molecule has 9 heavy (non-hydrogen) atoms. The molecular formula is C7H12N2. The summed E-state index contributed by atoms with van der Waals surface area (Å²) >= 11 is 0. The van der Waals surface area contributed by atoms with Crippen LogP contribution in [0.25, 0.3) is 0 Å². The Bertz CT molecular complexity index is 134. The van der Waals surface area contributed by atoms with Crippen LogP contribution in [0, 0.1) is 0 Å². The highest BCUT2D eigenvalue weighted by Crippen LogP contribution is 1.96. The molecule has 0 rings (SSSR count). The largest absolute Gasteiger partial charge is 0.323 e. The highest BCUT2D eigenvalue weighted by atomic mass is 15.1. The molecule has 0 fully saturated rings. The number of allylic oxidation sites excluding steroid dienone is 3. The third-order valence-electron chi connectivity index (χ3n) is 0.911. The molecule has 0 amide bonds. The smallest absolute Gasteiger partial charge is 0.0465 e. The summed E-state index contributed by atoms with van der Waals surface area (Å²) in [5, 5.41) is 3.32. The fourth-order valence-electron chi connectivity index (χ4n) is 0.466. The molecule has 0 saturated carbocycles. The maximum atomic E-state index is 4.87. The van der Waals surface area contributed by atoms with Crippen LogP contribution < -0.4 is 5.84 Å². The SMILES string of the molecule is C=CC/C(C)=C/C=N\N. The molecule has 0 radical (unpaired) electrons. The zero-order valence-electron chi connectivity index (χ0n) is 5.67. The molecule has 0 bridgehead atoms. The number of hydrazone groups is 1. The van der Waals surface area contributed by atoms with Crippen LogP contribution in [0.1, 0.15) is 13.3 Å². The van der Waals surface area contributed by atoms with Crippen molar-refractivity contribution in [2.24, 2.45) is 10.9 Å². The summed E-state index contributed by atoms with van der Waals surface area (Å²) in [5.74, 6) is 4.87. The van der Waals surface area contributed by atoms with E-state index in [-0.39, 0.29) is 0 Å². The minimum absolute atomic E-state index is 0.895. The Hall–Kier alpha value is -1.05. The summed E-state index contributed by atoms with van der Waals surface area (Å²) in [7, 11) is 0. The lowest BCUT2D eigenvalue weighted by Crippen LogP contribution is -1.80. The Labute approximate surface area is 55.8 Å². The summed E-state index contributed by atoms with van der Waals surface area (Å²) in [4.78, 5) is 0. The van der Waals surface area contributed by atoms with Gasteiger partial charge in [-0.05, 0) is 19.4 Å². The molecule has 50 valence electrons. The van der Waals surface area contributed by atoms with E-state index in [1.54, 1.807) is 6.21 Å². The standard InChI is InChI=1S/C7H12N2/c1-3-4-7(2)5-6-9-8/h3,5-6H,1,4,8H2,2H3/b7-5+,9-6-. The Morgan fingerprint density at radius 1 is 1.78 bits per heavy atom. The predicted molar refractivity (Wildman–Crippen MR) is 41.3 cm³/mol. The fourth-order valence-corrected chi connectivity index (χ4v) is 0.466. The highest BCUT2D eigenvalue weighted by molar-refractivity contribution is 5.71. The topological polar surface area (TPSA) is 38.4 Å². The van der Waals surface area contributed by atoms with Gasteiger partial charge in [0.25, 0.3) is 0 Å². The van der Waals surface area contributed by atoms with Crippen molar-refractivity contribution in [1.82, 2.24) is 0 Å². The Morgan fingerprint density at radius 2 is 2.44 bits per heavy atom. The molecule has 2 N–H and O–H groups in total. The van der Waals surface area contributed by atoms with Crippen molar-refractivity contribution in [3.05, 3.63) is 24.3 Å². The van der Waals surface area contributed by atoms with Crippen molar-refractivity contribution in [2.45, 2.75) is 13.3 Å². The van der Waals surface area contributed by atoms with Crippen LogP contribution in [0.5, 0.6) is 0 Å². The van der Waals surface area contributed by atoms with Crippen LogP contribution in [-0.2, 0) is 0 Å². The second-order valence-electron chi connectivity index (χ2n) is 1.80. The van der Waals surface area contributed by atoms with Crippen molar-refractivity contribution in [2.75, 3.05) is 0 Å². The first-order chi connectivity index (χ1) is 4.31. The zero-order valence-corrected chi connectivity index (χ0v) is 5.67. The summed E-state index contributed by atoms with van der Waals surface area (Å²) in [6, 6.07) is 0. The third kappa shape index (κ3) is 4.81. The van der Waals surface area contributed by atoms with Crippen molar-refractivity contribution in [3.63, 3.8) is 0 Å². The second kappa shape index (κ2) is 5.09. The van der Waals surface area contributed by atoms with Crippen LogP contribution in [0.15, 0.2) is 29.4 Å². The van der Waals surface area contributed by atoms with Crippen LogP contribution in [-0.4, -0.2) is 6.21 Å². The van der Waals surface area contributed by atoms with Gasteiger partial charge >= 0.3 is 0 Å². The van der Waals surface area contributed by atoms with E-state index in [9.17, 15) is 0 Å². The van der Waals surface area contributed by atoms with Gasteiger partial charge in [0.1, 0.15) is 0 Å². The fraction of sp³-hybridized carbons (Fsp3) is 0.286. The van der Waals surface area contributed by atoms with E-state index < -0.39 is 0 Å². The minimum Gasteiger partial charge on any atom is -0.323 e. The van der Waals surface area contributed by atoms with E-state index in [1.165, 1.54) is 5.57 Å². The lowest BCUT2D eigenvalue weighted by molar-refractivity contribution is 1.22. The maximum absolute atomic E-state index is 4.87. The van der Waals surface area contributed by atoms with Gasteiger partial charge in [0.15, 0.2) is 0 Å². The molecular weight excluding hydrogens is 112 g/mol. The Morgan fingerprint density at radius 3 is 2.89 bits per heavy atom. The average Bonchev–Trinajstić information content (AvgIpc) is 1.85. The molecule has 0 aliphatic heterocycles. The van der Waals surface area contributed by atoms with Gasteiger partial charge in [-0.2, -0.15) is 5.10 Å². The number of hydrogen-bond donors (Lipinski definition) is 1. The molecule has 2 nitrogen and oxygen atoms in total. The molecule has 0 spiro atoms. The second-order valence-corrected chi connectivity index (χ2v) is 1.80. The van der Waals surface area contributed by atoms with Crippen molar-refractivity contribution in [3.8, 4) is 0 Å². The molecule has 0 unspecified atom stereocenters. The molecule has 0 aliphatic carbocycles. The quantitative estimate of drug-likeness (QED) is 0.263. The van der Waals surface area contributed by atoms with E-state index >= 15 is 0 Å². The maximum Gasteiger partial charge on any atom is 0.0465 e. The van der Waals surface area contributed by atoms with Gasteiger partial charge < -0.3 is 5.84 Å². The molecule has 0 aromatic heterocycles. The van der Waals surface area contributed by atoms with Gasteiger partial charge in [-0.1, -0.05) is 11.6 Å². The van der Waals surface area contributed by atoms with Gasteiger partial charge in [0.05, 0.1) is 0 Å². The van der Waals surface area contributed by atoms with Crippen molar-refractivity contribution in [1.29, 1.82) is 0 Å². The lowest BCUT2D eigenvalue weighted by atomic mass is 10.2. The molecule has 0 saturated heterocycles. The zero-order chi connectivity index (χ0) is 7.11.